The van der Waals surface area contributed by atoms with E-state index in [0.29, 0.717) is 25.9 Å². The van der Waals surface area contributed by atoms with Gasteiger partial charge in [-0.3, -0.25) is 9.59 Å². The van der Waals surface area contributed by atoms with Crippen LogP contribution in [0.25, 0.3) is 0 Å². The minimum absolute atomic E-state index is 0.00339. The molecule has 2 unspecified atom stereocenters. The Hall–Kier alpha value is -1.92. The first-order chi connectivity index (χ1) is 38.5. The van der Waals surface area contributed by atoms with Gasteiger partial charge in [0.25, 0.3) is 0 Å². The molecule has 1 amide bonds. The lowest BCUT2D eigenvalue weighted by Gasteiger charge is -2.22. The third-order valence-electron chi connectivity index (χ3n) is 16.4. The Morgan fingerprint density at radius 2 is 0.641 bits per heavy atom. The Kier molecular flexibility index (Phi) is 65.9. The van der Waals surface area contributed by atoms with Crippen molar-refractivity contribution in [3.63, 3.8) is 0 Å². The Labute approximate surface area is 487 Å². The van der Waals surface area contributed by atoms with Crippen molar-refractivity contribution in [3.8, 4) is 0 Å². The molecule has 0 aromatic rings. The third kappa shape index (κ3) is 63.3. The van der Waals surface area contributed by atoms with E-state index in [1.807, 2.05) is 0 Å². The van der Waals surface area contributed by atoms with E-state index in [1.54, 1.807) is 0 Å². The monoisotopic (exact) mass is 1100 g/mol. The lowest BCUT2D eigenvalue weighted by atomic mass is 10.0. The van der Waals surface area contributed by atoms with Crippen molar-refractivity contribution in [1.29, 1.82) is 0 Å². The van der Waals surface area contributed by atoms with Crippen LogP contribution in [0.3, 0.4) is 0 Å². The molecule has 0 bridgehead atoms. The fraction of sp³-hybridized carbons (Fsp3) is 0.889. The topological polar surface area (TPSA) is 95.9 Å². The van der Waals surface area contributed by atoms with E-state index < -0.39 is 12.1 Å². The van der Waals surface area contributed by atoms with Crippen molar-refractivity contribution < 1.29 is 24.5 Å². The standard InChI is InChI=1S/C72H137NO5/c1-3-5-7-9-11-13-15-17-19-20-21-22-23-24-27-30-33-37-40-44-48-52-56-60-64-70(75)69(68-74)73-71(76)65-61-57-53-49-45-41-38-34-31-28-25-26-29-32-35-39-43-47-51-55-59-63-67-78-72(77)66-62-58-54-50-46-42-36-18-16-14-12-10-8-6-4-2/h12,14,18,28,31,36,69-70,74-75H,3-11,13,15-17,19-27,29-30,32-35,37-68H2,1-2H3,(H,73,76)/b14-12-,31-28-,36-18-. The van der Waals surface area contributed by atoms with Gasteiger partial charge >= 0.3 is 5.97 Å². The van der Waals surface area contributed by atoms with Crippen molar-refractivity contribution in [1.82, 2.24) is 5.32 Å². The molecule has 0 spiro atoms. The number of allylic oxidation sites excluding steroid dienone is 6. The van der Waals surface area contributed by atoms with Crippen LogP contribution in [0.4, 0.5) is 0 Å². The molecule has 6 heteroatoms. The molecule has 0 rings (SSSR count). The summed E-state index contributed by atoms with van der Waals surface area (Å²) in [5.41, 5.74) is 0. The highest BCUT2D eigenvalue weighted by molar-refractivity contribution is 5.76. The van der Waals surface area contributed by atoms with Crippen molar-refractivity contribution in [2.24, 2.45) is 0 Å². The van der Waals surface area contributed by atoms with Crippen LogP contribution in [0.1, 0.15) is 386 Å². The minimum atomic E-state index is -0.671. The average molecular weight is 1100 g/mol. The van der Waals surface area contributed by atoms with E-state index in [0.717, 1.165) is 51.4 Å². The van der Waals surface area contributed by atoms with Crippen LogP contribution in [-0.4, -0.2) is 47.4 Å². The van der Waals surface area contributed by atoms with Gasteiger partial charge in [0.1, 0.15) is 0 Å². The van der Waals surface area contributed by atoms with E-state index in [1.165, 1.54) is 302 Å². The molecule has 0 aromatic heterocycles. The number of ether oxygens (including phenoxy) is 1. The van der Waals surface area contributed by atoms with Gasteiger partial charge in [0.15, 0.2) is 0 Å². The summed E-state index contributed by atoms with van der Waals surface area (Å²) in [5.74, 6) is -0.0415. The van der Waals surface area contributed by atoms with Gasteiger partial charge in [-0.15, -0.1) is 0 Å². The SMILES string of the molecule is CCCCC/C=C\C/C=C\CCCCCCCC(=O)OCCCCCCCCCCCCC/C=C\CCCCCCCCCC(=O)NC(CO)C(O)CCCCCCCCCCCCCCCCCCCCCCCCCC. The summed E-state index contributed by atoms with van der Waals surface area (Å²) in [6.45, 7) is 4.95. The van der Waals surface area contributed by atoms with Crippen molar-refractivity contribution in [3.05, 3.63) is 36.5 Å². The zero-order valence-electron chi connectivity index (χ0n) is 52.7. The number of rotatable bonds is 66. The fourth-order valence-corrected chi connectivity index (χ4v) is 11.0. The van der Waals surface area contributed by atoms with Gasteiger partial charge in [-0.2, -0.15) is 0 Å². The largest absolute Gasteiger partial charge is 0.466 e. The van der Waals surface area contributed by atoms with Crippen LogP contribution < -0.4 is 5.32 Å². The molecule has 0 aromatic carbocycles. The quantitative estimate of drug-likeness (QED) is 0.0320. The van der Waals surface area contributed by atoms with Crippen LogP contribution in [0.2, 0.25) is 0 Å². The Balaban J connectivity index is 3.42. The predicted octanol–water partition coefficient (Wildman–Crippen LogP) is 22.7. The van der Waals surface area contributed by atoms with Crippen molar-refractivity contribution in [2.75, 3.05) is 13.2 Å². The van der Waals surface area contributed by atoms with Gasteiger partial charge in [-0.05, 0) is 83.5 Å². The fourth-order valence-electron chi connectivity index (χ4n) is 11.0. The van der Waals surface area contributed by atoms with Crippen LogP contribution in [-0.2, 0) is 14.3 Å². The lowest BCUT2D eigenvalue weighted by molar-refractivity contribution is -0.143. The maximum Gasteiger partial charge on any atom is 0.305 e. The van der Waals surface area contributed by atoms with Gasteiger partial charge < -0.3 is 20.3 Å². The molecule has 0 heterocycles. The van der Waals surface area contributed by atoms with Crippen molar-refractivity contribution >= 4 is 11.9 Å². The minimum Gasteiger partial charge on any atom is -0.466 e. The first kappa shape index (κ1) is 76.1. The molecule has 0 aliphatic carbocycles. The summed E-state index contributed by atoms with van der Waals surface area (Å²) in [6, 6.07) is -0.549. The number of unbranched alkanes of at least 4 members (excludes halogenated alkanes) is 49. The summed E-state index contributed by atoms with van der Waals surface area (Å²) < 4.78 is 5.48. The average Bonchev–Trinajstić information content (AvgIpc) is 3.44. The summed E-state index contributed by atoms with van der Waals surface area (Å²) in [5, 5.41) is 23.4. The molecule has 0 saturated carbocycles. The molecule has 2 atom stereocenters. The molecule has 0 saturated heterocycles. The highest BCUT2D eigenvalue weighted by Crippen LogP contribution is 2.19. The van der Waals surface area contributed by atoms with Gasteiger partial charge in [-0.1, -0.05) is 326 Å². The number of carbonyl (C=O) groups is 2. The molecular weight excluding hydrogens is 959 g/mol. The summed E-state index contributed by atoms with van der Waals surface area (Å²) in [6.07, 6.45) is 86.1. The molecular formula is C72H137NO5. The van der Waals surface area contributed by atoms with Crippen LogP contribution in [0, 0.1) is 0 Å². The molecule has 0 fully saturated rings. The molecule has 0 aliphatic heterocycles. The van der Waals surface area contributed by atoms with E-state index in [-0.39, 0.29) is 18.5 Å². The number of aliphatic hydroxyl groups is 2. The molecule has 78 heavy (non-hydrogen) atoms. The second kappa shape index (κ2) is 67.6. The van der Waals surface area contributed by atoms with E-state index >= 15 is 0 Å². The molecule has 6 nitrogen and oxygen atoms in total. The van der Waals surface area contributed by atoms with Gasteiger partial charge in [-0.25, -0.2) is 0 Å². The number of esters is 1. The third-order valence-corrected chi connectivity index (χ3v) is 16.4. The van der Waals surface area contributed by atoms with Gasteiger partial charge in [0.2, 0.25) is 5.91 Å². The van der Waals surface area contributed by atoms with E-state index in [9.17, 15) is 19.8 Å². The lowest BCUT2D eigenvalue weighted by Crippen LogP contribution is -2.45. The van der Waals surface area contributed by atoms with Crippen LogP contribution >= 0.6 is 0 Å². The summed E-state index contributed by atoms with van der Waals surface area (Å²) in [7, 11) is 0. The number of aliphatic hydroxyl groups excluding tert-OH is 2. The van der Waals surface area contributed by atoms with Gasteiger partial charge in [0, 0.05) is 12.8 Å². The number of hydrogen-bond donors (Lipinski definition) is 3. The Bertz CT molecular complexity index is 1260. The molecule has 0 radical (unpaired) electrons. The van der Waals surface area contributed by atoms with Gasteiger partial charge in [0.05, 0.1) is 25.4 Å². The second-order valence-corrected chi connectivity index (χ2v) is 24.2. The Morgan fingerprint density at radius 3 is 1.01 bits per heavy atom. The number of nitrogens with one attached hydrogen (secondary N) is 1. The van der Waals surface area contributed by atoms with Crippen LogP contribution in [0.5, 0.6) is 0 Å². The maximum atomic E-state index is 12.6. The van der Waals surface area contributed by atoms with Crippen molar-refractivity contribution in [2.45, 2.75) is 398 Å². The Morgan fingerprint density at radius 1 is 0.359 bits per heavy atom. The highest BCUT2D eigenvalue weighted by Gasteiger charge is 2.20. The smallest absolute Gasteiger partial charge is 0.305 e. The predicted molar refractivity (Wildman–Crippen MR) is 343 cm³/mol. The number of carbonyl (C=O) groups excluding carboxylic acids is 2. The maximum absolute atomic E-state index is 12.6. The normalized spacial score (nSPS) is 12.7. The first-order valence-corrected chi connectivity index (χ1v) is 35.2. The van der Waals surface area contributed by atoms with Crippen LogP contribution in [0.15, 0.2) is 36.5 Å². The first-order valence-electron chi connectivity index (χ1n) is 35.2. The summed E-state index contributed by atoms with van der Waals surface area (Å²) >= 11 is 0. The molecule has 3 N–H and O–H groups in total. The van der Waals surface area contributed by atoms with E-state index in [2.05, 4.69) is 55.6 Å². The van der Waals surface area contributed by atoms with E-state index in [4.69, 9.17) is 4.74 Å². The number of amides is 1. The molecule has 460 valence electrons. The zero-order chi connectivity index (χ0) is 56.4. The second-order valence-electron chi connectivity index (χ2n) is 24.2. The molecule has 0 aliphatic rings. The number of hydrogen-bond acceptors (Lipinski definition) is 5. The zero-order valence-corrected chi connectivity index (χ0v) is 52.7. The highest BCUT2D eigenvalue weighted by atomic mass is 16.5. The summed E-state index contributed by atoms with van der Waals surface area (Å²) in [4.78, 5) is 24.6.